The van der Waals surface area contributed by atoms with Crippen molar-refractivity contribution in [1.82, 2.24) is 0 Å². The van der Waals surface area contributed by atoms with E-state index in [2.05, 4.69) is 217 Å². The lowest BCUT2D eigenvalue weighted by molar-refractivity contribution is 1.28. The summed E-state index contributed by atoms with van der Waals surface area (Å²) in [4.78, 5) is 2.30. The second kappa shape index (κ2) is 13.0. The summed E-state index contributed by atoms with van der Waals surface area (Å²) in [6, 6.07) is 77.2. The Labute approximate surface area is 309 Å². The molecule has 0 aromatic heterocycles. The van der Waals surface area contributed by atoms with Gasteiger partial charge in [0.1, 0.15) is 0 Å². The molecule has 0 bridgehead atoms. The van der Waals surface area contributed by atoms with E-state index in [4.69, 9.17) is 0 Å². The predicted octanol–water partition coefficient (Wildman–Crippen LogP) is 14.8. The van der Waals surface area contributed by atoms with Gasteiger partial charge < -0.3 is 4.90 Å². The van der Waals surface area contributed by atoms with E-state index in [9.17, 15) is 0 Å². The van der Waals surface area contributed by atoms with Gasteiger partial charge in [-0.3, -0.25) is 0 Å². The highest BCUT2D eigenvalue weighted by atomic mass is 15.1. The summed E-state index contributed by atoms with van der Waals surface area (Å²) in [5.41, 5.74) is 10.8. The van der Waals surface area contributed by atoms with Gasteiger partial charge in [-0.25, -0.2) is 0 Å². The number of hydrogen-bond donors (Lipinski definition) is 0. The fourth-order valence-electron chi connectivity index (χ4n) is 7.75. The van der Waals surface area contributed by atoms with Gasteiger partial charge in [0.15, 0.2) is 0 Å². The minimum atomic E-state index is 1.13. The second-order valence-electron chi connectivity index (χ2n) is 13.9. The van der Waals surface area contributed by atoms with Gasteiger partial charge in [-0.1, -0.05) is 127 Å². The van der Waals surface area contributed by atoms with Gasteiger partial charge in [0.2, 0.25) is 0 Å². The van der Waals surface area contributed by atoms with Crippen molar-refractivity contribution in [2.75, 3.05) is 4.90 Å². The summed E-state index contributed by atoms with van der Waals surface area (Å²) in [5, 5.41) is 10.0. The Kier molecular flexibility index (Phi) is 7.55. The van der Waals surface area contributed by atoms with Crippen LogP contribution in [0.5, 0.6) is 0 Å². The van der Waals surface area contributed by atoms with E-state index in [0.717, 1.165) is 17.1 Å². The van der Waals surface area contributed by atoms with Crippen molar-refractivity contribution in [3.05, 3.63) is 212 Å². The normalized spacial score (nSPS) is 11.4. The molecule has 0 unspecified atom stereocenters. The first-order valence-electron chi connectivity index (χ1n) is 18.2. The molecule has 1 nitrogen and oxygen atoms in total. The molecule has 0 aliphatic carbocycles. The summed E-state index contributed by atoms with van der Waals surface area (Å²) >= 11 is 0. The van der Waals surface area contributed by atoms with Crippen LogP contribution in [0.25, 0.3) is 76.5 Å². The molecule has 10 aromatic carbocycles. The van der Waals surface area contributed by atoms with Crippen LogP contribution in [0, 0.1) is 0 Å². The summed E-state index contributed by atoms with van der Waals surface area (Å²) in [5.74, 6) is 0. The predicted molar refractivity (Wildman–Crippen MR) is 227 cm³/mol. The number of anilines is 3. The van der Waals surface area contributed by atoms with Crippen LogP contribution in [-0.2, 0) is 0 Å². The van der Waals surface area contributed by atoms with Crippen LogP contribution in [0.1, 0.15) is 0 Å². The zero-order valence-corrected chi connectivity index (χ0v) is 29.2. The maximum Gasteiger partial charge on any atom is 0.0462 e. The Hall–Kier alpha value is -6.96. The quantitative estimate of drug-likeness (QED) is 0.159. The first-order chi connectivity index (χ1) is 26.2. The molecule has 0 saturated heterocycles. The van der Waals surface area contributed by atoms with Gasteiger partial charge in [0.05, 0.1) is 0 Å². The van der Waals surface area contributed by atoms with Crippen LogP contribution >= 0.6 is 0 Å². The van der Waals surface area contributed by atoms with Crippen LogP contribution in [-0.4, -0.2) is 0 Å². The maximum absolute atomic E-state index is 2.33. The number of rotatable bonds is 6. The largest absolute Gasteiger partial charge is 0.311 e. The van der Waals surface area contributed by atoms with Gasteiger partial charge >= 0.3 is 0 Å². The van der Waals surface area contributed by atoms with Crippen molar-refractivity contribution in [3.63, 3.8) is 0 Å². The third-order valence-electron chi connectivity index (χ3n) is 10.5. The third-order valence-corrected chi connectivity index (χ3v) is 10.5. The smallest absolute Gasteiger partial charge is 0.0462 e. The third kappa shape index (κ3) is 5.89. The molecule has 0 amide bonds. The van der Waals surface area contributed by atoms with E-state index < -0.39 is 0 Å². The number of hydrogen-bond acceptors (Lipinski definition) is 1. The van der Waals surface area contributed by atoms with Crippen LogP contribution in [0.15, 0.2) is 212 Å². The standard InChI is InChI=1S/C52H35N/c1-4-10-36(11-5-1)38-16-20-42-34-48-30-40(18-22-44(48)32-46(42)28-38)41-19-23-45-33-47-29-39(17-21-43(47)35-49(45)31-41)37-24-26-52(27-25-37)53(50-12-6-2-7-13-50)51-14-8-3-9-15-51/h1-35H. The Morgan fingerprint density at radius 2 is 0.472 bits per heavy atom. The molecular formula is C52H35N. The highest BCUT2D eigenvalue weighted by Gasteiger charge is 2.13. The molecule has 0 saturated carbocycles. The van der Waals surface area contributed by atoms with Crippen LogP contribution in [0.4, 0.5) is 17.1 Å². The van der Waals surface area contributed by atoms with Crippen LogP contribution in [0.2, 0.25) is 0 Å². The zero-order chi connectivity index (χ0) is 35.1. The molecule has 0 radical (unpaired) electrons. The summed E-state index contributed by atoms with van der Waals surface area (Å²) in [7, 11) is 0. The highest BCUT2D eigenvalue weighted by molar-refractivity contribution is 6.03. The number of para-hydroxylation sites is 2. The average molecular weight is 674 g/mol. The van der Waals surface area contributed by atoms with Crippen molar-refractivity contribution in [1.29, 1.82) is 0 Å². The molecule has 0 heterocycles. The fourth-order valence-corrected chi connectivity index (χ4v) is 7.75. The Morgan fingerprint density at radius 1 is 0.189 bits per heavy atom. The fraction of sp³-hybridized carbons (Fsp3) is 0. The lowest BCUT2D eigenvalue weighted by atomic mass is 9.94. The summed E-state index contributed by atoms with van der Waals surface area (Å²) in [6.45, 7) is 0. The van der Waals surface area contributed by atoms with E-state index >= 15 is 0 Å². The molecule has 0 spiro atoms. The van der Waals surface area contributed by atoms with Crippen LogP contribution < -0.4 is 4.90 Å². The molecule has 10 aromatic rings. The first-order valence-corrected chi connectivity index (χ1v) is 18.2. The Morgan fingerprint density at radius 3 is 0.849 bits per heavy atom. The first kappa shape index (κ1) is 30.8. The zero-order valence-electron chi connectivity index (χ0n) is 29.2. The topological polar surface area (TPSA) is 3.24 Å². The molecule has 53 heavy (non-hydrogen) atoms. The molecule has 1 heteroatoms. The van der Waals surface area contributed by atoms with E-state index in [-0.39, 0.29) is 0 Å². The number of nitrogens with zero attached hydrogens (tertiary/aromatic N) is 1. The van der Waals surface area contributed by atoms with Crippen molar-refractivity contribution < 1.29 is 0 Å². The lowest BCUT2D eigenvalue weighted by Crippen LogP contribution is -2.09. The molecule has 0 atom stereocenters. The molecule has 248 valence electrons. The Balaban J connectivity index is 0.944. The van der Waals surface area contributed by atoms with Crippen LogP contribution in [0.3, 0.4) is 0 Å². The average Bonchev–Trinajstić information content (AvgIpc) is 3.23. The van der Waals surface area contributed by atoms with E-state index in [1.54, 1.807) is 0 Å². The van der Waals surface area contributed by atoms with Crippen molar-refractivity contribution >= 4 is 60.2 Å². The number of benzene rings is 10. The van der Waals surface area contributed by atoms with Crippen molar-refractivity contribution in [2.45, 2.75) is 0 Å². The van der Waals surface area contributed by atoms with Gasteiger partial charge in [-0.15, -0.1) is 0 Å². The molecule has 10 rings (SSSR count). The van der Waals surface area contributed by atoms with Gasteiger partial charge in [-0.2, -0.15) is 0 Å². The van der Waals surface area contributed by atoms with Gasteiger partial charge in [0.25, 0.3) is 0 Å². The molecule has 0 aliphatic heterocycles. The second-order valence-corrected chi connectivity index (χ2v) is 13.9. The molecule has 0 N–H and O–H groups in total. The summed E-state index contributed by atoms with van der Waals surface area (Å²) in [6.07, 6.45) is 0. The van der Waals surface area contributed by atoms with E-state index in [1.165, 1.54) is 76.5 Å². The SMILES string of the molecule is c1ccc(-c2ccc3cc4cc(-c5ccc6cc7cc(-c8ccc(N(c9ccccc9)c9ccccc9)cc8)ccc7cc6c5)ccc4cc3c2)cc1. The minimum absolute atomic E-state index is 1.13. The van der Waals surface area contributed by atoms with Gasteiger partial charge in [0, 0.05) is 17.1 Å². The van der Waals surface area contributed by atoms with E-state index in [1.807, 2.05) is 0 Å². The molecule has 0 fully saturated rings. The van der Waals surface area contributed by atoms with Crippen molar-refractivity contribution in [2.24, 2.45) is 0 Å². The maximum atomic E-state index is 2.33. The lowest BCUT2D eigenvalue weighted by Gasteiger charge is -2.25. The monoisotopic (exact) mass is 673 g/mol. The van der Waals surface area contributed by atoms with Crippen molar-refractivity contribution in [3.8, 4) is 33.4 Å². The molecular weight excluding hydrogens is 639 g/mol. The minimum Gasteiger partial charge on any atom is -0.311 e. The highest BCUT2D eigenvalue weighted by Crippen LogP contribution is 2.37. The number of fused-ring (bicyclic) bond motifs is 4. The molecule has 0 aliphatic rings. The Bertz CT molecular complexity index is 2870. The van der Waals surface area contributed by atoms with E-state index in [0.29, 0.717) is 0 Å². The van der Waals surface area contributed by atoms with Gasteiger partial charge in [-0.05, 0) is 161 Å². The summed E-state index contributed by atoms with van der Waals surface area (Å²) < 4.78 is 0.